The average molecular weight is 496 g/mol. The molecule has 176 valence electrons. The van der Waals surface area contributed by atoms with Crippen LogP contribution in [-0.4, -0.2) is 55.8 Å². The molecule has 1 aliphatic heterocycles. The quantitative estimate of drug-likeness (QED) is 0.394. The molecule has 1 aliphatic rings. The Morgan fingerprint density at radius 2 is 1.88 bits per heavy atom. The maximum Gasteiger partial charge on any atom is 0.229 e. The van der Waals surface area contributed by atoms with Crippen molar-refractivity contribution in [3.05, 3.63) is 65.7 Å². The lowest BCUT2D eigenvalue weighted by molar-refractivity contribution is 0.0342. The summed E-state index contributed by atoms with van der Waals surface area (Å²) in [6, 6.07) is 15.6. The number of benzene rings is 2. The fourth-order valence-corrected chi connectivity index (χ4v) is 5.33. The number of hydrogen-bond acceptors (Lipinski definition) is 8. The fourth-order valence-electron chi connectivity index (χ4n) is 3.90. The predicted octanol–water partition coefficient (Wildman–Crippen LogP) is 4.31. The highest BCUT2D eigenvalue weighted by Gasteiger charge is 2.13. The Kier molecular flexibility index (Phi) is 6.46. The lowest BCUT2D eigenvalue weighted by Crippen LogP contribution is -2.35. The van der Waals surface area contributed by atoms with Crippen LogP contribution in [0.5, 0.6) is 0 Å². The van der Waals surface area contributed by atoms with Gasteiger partial charge in [-0.25, -0.2) is 18.4 Å². The molecule has 0 atom stereocenters. The van der Waals surface area contributed by atoms with Crippen LogP contribution in [0.4, 0.5) is 17.3 Å². The van der Waals surface area contributed by atoms with Gasteiger partial charge in [-0.2, -0.15) is 0 Å². The molecule has 5 rings (SSSR count). The Labute approximate surface area is 202 Å². The van der Waals surface area contributed by atoms with Crippen LogP contribution in [0.1, 0.15) is 5.56 Å². The van der Waals surface area contributed by atoms with Gasteiger partial charge < -0.3 is 10.1 Å². The zero-order chi connectivity index (χ0) is 23.5. The molecule has 0 unspecified atom stereocenters. The molecule has 0 saturated carbocycles. The molecule has 8 nitrogen and oxygen atoms in total. The molecule has 1 saturated heterocycles. The number of ether oxygens (including phenoxy) is 1. The van der Waals surface area contributed by atoms with Crippen LogP contribution in [0.15, 0.2) is 60.1 Å². The van der Waals surface area contributed by atoms with E-state index in [1.54, 1.807) is 17.4 Å². The summed E-state index contributed by atoms with van der Waals surface area (Å²) in [5, 5.41) is 5.31. The van der Waals surface area contributed by atoms with Gasteiger partial charge in [0.2, 0.25) is 16.0 Å². The Balaban J connectivity index is 1.35. The van der Waals surface area contributed by atoms with E-state index in [0.717, 1.165) is 66.1 Å². The van der Waals surface area contributed by atoms with E-state index < -0.39 is 10.0 Å². The second-order valence-electron chi connectivity index (χ2n) is 8.22. The van der Waals surface area contributed by atoms with E-state index in [4.69, 9.17) is 9.72 Å². The Hall–Kier alpha value is -3.05. The molecule has 0 spiro atoms. The van der Waals surface area contributed by atoms with Gasteiger partial charge in [0.1, 0.15) is 0 Å². The number of fused-ring (bicyclic) bond motifs is 1. The summed E-state index contributed by atoms with van der Waals surface area (Å²) in [5.74, 6) is 0.512. The Bertz CT molecular complexity index is 1400. The first-order valence-electron chi connectivity index (χ1n) is 10.9. The zero-order valence-corrected chi connectivity index (χ0v) is 20.3. The summed E-state index contributed by atoms with van der Waals surface area (Å²) in [6.07, 6.45) is 2.95. The Morgan fingerprint density at radius 3 is 2.65 bits per heavy atom. The maximum atomic E-state index is 11.6. The molecule has 34 heavy (non-hydrogen) atoms. The number of nitrogens with one attached hydrogen (secondary N) is 2. The minimum atomic E-state index is -3.35. The number of nitrogens with zero attached hydrogens (tertiary/aromatic N) is 3. The van der Waals surface area contributed by atoms with Crippen molar-refractivity contribution in [1.82, 2.24) is 14.9 Å². The number of hydrogen-bond donors (Lipinski definition) is 2. The third-order valence-electron chi connectivity index (χ3n) is 5.51. The lowest BCUT2D eigenvalue weighted by atomic mass is 10.1. The monoisotopic (exact) mass is 495 g/mol. The molecular weight excluding hydrogens is 470 g/mol. The molecule has 4 aromatic rings. The van der Waals surface area contributed by atoms with Crippen molar-refractivity contribution in [3.8, 4) is 11.1 Å². The van der Waals surface area contributed by atoms with Crippen molar-refractivity contribution in [2.75, 3.05) is 42.6 Å². The van der Waals surface area contributed by atoms with Gasteiger partial charge >= 0.3 is 0 Å². The molecule has 2 aromatic heterocycles. The van der Waals surface area contributed by atoms with E-state index in [0.29, 0.717) is 11.6 Å². The van der Waals surface area contributed by atoms with E-state index in [9.17, 15) is 8.42 Å². The fraction of sp³-hybridized carbons (Fsp3) is 0.250. The van der Waals surface area contributed by atoms with Gasteiger partial charge in [-0.05, 0) is 35.4 Å². The largest absolute Gasteiger partial charge is 0.379 e. The number of sulfonamides is 1. The minimum Gasteiger partial charge on any atom is -0.379 e. The standard InChI is InChI=1S/C24H25N5O3S2/c1-34(30,31)28-20-4-2-3-18(13-20)21-16-33-22-14-25-24(27-23(21)22)26-19-7-5-17(6-8-19)15-29-9-11-32-12-10-29/h2-8,13-14,16,28H,9-12,15H2,1H3,(H,25,26,27). The molecule has 10 heteroatoms. The van der Waals surface area contributed by atoms with Crippen molar-refractivity contribution in [2.24, 2.45) is 0 Å². The summed E-state index contributed by atoms with van der Waals surface area (Å²) in [5.41, 5.74) is 5.33. The minimum absolute atomic E-state index is 0.512. The van der Waals surface area contributed by atoms with E-state index in [-0.39, 0.29) is 0 Å². The normalized spacial score (nSPS) is 14.9. The number of anilines is 3. The average Bonchev–Trinajstić information content (AvgIpc) is 3.23. The van der Waals surface area contributed by atoms with E-state index in [2.05, 4.69) is 32.1 Å². The van der Waals surface area contributed by atoms with Crippen molar-refractivity contribution < 1.29 is 13.2 Å². The first-order chi connectivity index (χ1) is 16.4. The molecule has 2 N–H and O–H groups in total. The van der Waals surface area contributed by atoms with E-state index in [1.807, 2.05) is 41.9 Å². The van der Waals surface area contributed by atoms with Crippen LogP contribution >= 0.6 is 11.3 Å². The van der Waals surface area contributed by atoms with Crippen LogP contribution in [0.2, 0.25) is 0 Å². The van der Waals surface area contributed by atoms with Crippen LogP contribution in [0.3, 0.4) is 0 Å². The van der Waals surface area contributed by atoms with Crippen molar-refractivity contribution in [2.45, 2.75) is 6.54 Å². The number of aromatic nitrogens is 2. The van der Waals surface area contributed by atoms with Gasteiger partial charge in [0, 0.05) is 42.0 Å². The van der Waals surface area contributed by atoms with Gasteiger partial charge in [0.05, 0.1) is 35.9 Å². The van der Waals surface area contributed by atoms with Gasteiger partial charge in [0.15, 0.2) is 0 Å². The topological polar surface area (TPSA) is 96.5 Å². The molecule has 3 heterocycles. The van der Waals surface area contributed by atoms with Crippen molar-refractivity contribution in [1.29, 1.82) is 0 Å². The Morgan fingerprint density at radius 1 is 1.09 bits per heavy atom. The second kappa shape index (κ2) is 9.67. The SMILES string of the molecule is CS(=O)(=O)Nc1cccc(-c2csc3cnc(Nc4ccc(CN5CCOCC5)cc4)nc23)c1. The molecule has 0 amide bonds. The molecule has 0 aliphatic carbocycles. The number of thiophene rings is 1. The second-order valence-corrected chi connectivity index (χ2v) is 10.9. The van der Waals surface area contributed by atoms with E-state index in [1.165, 1.54) is 5.56 Å². The highest BCUT2D eigenvalue weighted by Crippen LogP contribution is 2.34. The number of rotatable bonds is 7. The highest BCUT2D eigenvalue weighted by atomic mass is 32.2. The van der Waals surface area contributed by atoms with Gasteiger partial charge in [0.25, 0.3) is 0 Å². The third-order valence-corrected chi connectivity index (χ3v) is 7.02. The highest BCUT2D eigenvalue weighted by molar-refractivity contribution is 7.92. The lowest BCUT2D eigenvalue weighted by Gasteiger charge is -2.26. The zero-order valence-electron chi connectivity index (χ0n) is 18.7. The summed E-state index contributed by atoms with van der Waals surface area (Å²) >= 11 is 1.56. The summed E-state index contributed by atoms with van der Waals surface area (Å²) in [4.78, 5) is 11.6. The number of morpholine rings is 1. The first-order valence-corrected chi connectivity index (χ1v) is 13.7. The van der Waals surface area contributed by atoms with Crippen LogP contribution in [-0.2, 0) is 21.3 Å². The molecular formula is C24H25N5O3S2. The molecule has 0 radical (unpaired) electrons. The molecule has 0 bridgehead atoms. The third kappa shape index (κ3) is 5.53. The molecule has 1 fully saturated rings. The van der Waals surface area contributed by atoms with E-state index >= 15 is 0 Å². The summed E-state index contributed by atoms with van der Waals surface area (Å²) in [6.45, 7) is 4.43. The summed E-state index contributed by atoms with van der Waals surface area (Å²) < 4.78 is 32.1. The maximum absolute atomic E-state index is 11.6. The van der Waals surface area contributed by atoms with Gasteiger partial charge in [-0.3, -0.25) is 9.62 Å². The first kappa shape index (κ1) is 22.7. The predicted molar refractivity (Wildman–Crippen MR) is 137 cm³/mol. The summed E-state index contributed by atoms with van der Waals surface area (Å²) in [7, 11) is -3.35. The van der Waals surface area contributed by atoms with Crippen LogP contribution < -0.4 is 10.0 Å². The molecule has 2 aromatic carbocycles. The van der Waals surface area contributed by atoms with Crippen LogP contribution in [0.25, 0.3) is 21.3 Å². The van der Waals surface area contributed by atoms with Crippen LogP contribution in [0, 0.1) is 0 Å². The smallest absolute Gasteiger partial charge is 0.229 e. The van der Waals surface area contributed by atoms with Gasteiger partial charge in [-0.15, -0.1) is 11.3 Å². The van der Waals surface area contributed by atoms with Gasteiger partial charge in [-0.1, -0.05) is 24.3 Å². The van der Waals surface area contributed by atoms with Crippen molar-refractivity contribution >= 4 is 48.9 Å². The van der Waals surface area contributed by atoms with Crippen molar-refractivity contribution in [3.63, 3.8) is 0 Å².